The molecule has 7 heteroatoms. The number of ether oxygens (including phenoxy) is 2. The van der Waals surface area contributed by atoms with E-state index in [0.717, 1.165) is 50.3 Å². The Balaban J connectivity index is 1.43. The smallest absolute Gasteiger partial charge is 0.253 e. The maximum atomic E-state index is 13.3. The van der Waals surface area contributed by atoms with Crippen molar-refractivity contribution < 1.29 is 18.7 Å². The molecule has 1 aromatic heterocycles. The van der Waals surface area contributed by atoms with Crippen molar-refractivity contribution in [3.63, 3.8) is 0 Å². The van der Waals surface area contributed by atoms with Crippen LogP contribution >= 0.6 is 0 Å². The molecule has 2 aromatic rings. The highest BCUT2D eigenvalue weighted by Crippen LogP contribution is 2.33. The second-order valence-corrected chi connectivity index (χ2v) is 7.73. The highest BCUT2D eigenvalue weighted by Gasteiger charge is 2.41. The summed E-state index contributed by atoms with van der Waals surface area (Å²) in [7, 11) is 1.62. The first-order chi connectivity index (χ1) is 14.1. The van der Waals surface area contributed by atoms with E-state index in [2.05, 4.69) is 9.88 Å². The Morgan fingerprint density at radius 2 is 2.00 bits per heavy atom. The van der Waals surface area contributed by atoms with Crippen molar-refractivity contribution in [1.29, 1.82) is 0 Å². The molecule has 1 atom stereocenters. The van der Waals surface area contributed by atoms with E-state index in [1.54, 1.807) is 24.1 Å². The van der Waals surface area contributed by atoms with Gasteiger partial charge in [-0.25, -0.2) is 9.37 Å². The van der Waals surface area contributed by atoms with Crippen LogP contribution < -0.4 is 9.64 Å². The average Bonchev–Trinajstić information content (AvgIpc) is 2.93. The van der Waals surface area contributed by atoms with Crippen LogP contribution in [0.15, 0.2) is 42.5 Å². The first-order valence-corrected chi connectivity index (χ1v) is 9.99. The van der Waals surface area contributed by atoms with Crippen LogP contribution in [0.3, 0.4) is 0 Å². The van der Waals surface area contributed by atoms with Crippen molar-refractivity contribution in [2.45, 2.75) is 31.4 Å². The number of nitrogens with zero attached hydrogens (tertiary/aromatic N) is 3. The molecule has 0 aliphatic carbocycles. The molecule has 1 amide bonds. The van der Waals surface area contributed by atoms with Gasteiger partial charge in [-0.2, -0.15) is 0 Å². The number of rotatable bonds is 4. The zero-order valence-electron chi connectivity index (χ0n) is 16.6. The standard InChI is InChI=1S/C22H26FN3O3/c1-28-20-5-2-4-18(24-20)14-25-12-3-10-22(11-13-25)16-26(21(27)15-29-22)19-8-6-17(23)7-9-19/h2,4-9H,3,10-16H2,1H3. The van der Waals surface area contributed by atoms with Gasteiger partial charge in [-0.15, -0.1) is 0 Å². The molecule has 4 rings (SSSR count). The van der Waals surface area contributed by atoms with E-state index >= 15 is 0 Å². The van der Waals surface area contributed by atoms with Crippen LogP contribution in [0.5, 0.6) is 5.88 Å². The number of methoxy groups -OCH3 is 1. The van der Waals surface area contributed by atoms with Gasteiger partial charge in [0.05, 0.1) is 24.9 Å². The number of carbonyl (C=O) groups excluding carboxylic acids is 1. The average molecular weight is 399 g/mol. The van der Waals surface area contributed by atoms with Crippen molar-refractivity contribution in [2.75, 3.05) is 38.3 Å². The van der Waals surface area contributed by atoms with Gasteiger partial charge in [0.15, 0.2) is 0 Å². The molecule has 3 heterocycles. The number of pyridine rings is 1. The Morgan fingerprint density at radius 3 is 2.79 bits per heavy atom. The third-order valence-corrected chi connectivity index (χ3v) is 5.75. The lowest BCUT2D eigenvalue weighted by Crippen LogP contribution is -2.55. The number of benzene rings is 1. The maximum absolute atomic E-state index is 13.3. The third-order valence-electron chi connectivity index (χ3n) is 5.75. The molecule has 6 nitrogen and oxygen atoms in total. The Morgan fingerprint density at radius 1 is 1.17 bits per heavy atom. The van der Waals surface area contributed by atoms with Crippen molar-refractivity contribution in [2.24, 2.45) is 0 Å². The fraction of sp³-hybridized carbons (Fsp3) is 0.455. The molecule has 0 radical (unpaired) electrons. The molecule has 2 aliphatic heterocycles. The van der Waals surface area contributed by atoms with Crippen LogP contribution in [0.4, 0.5) is 10.1 Å². The molecular formula is C22H26FN3O3. The van der Waals surface area contributed by atoms with Gasteiger partial charge >= 0.3 is 0 Å². The molecule has 2 fully saturated rings. The number of hydrogen-bond donors (Lipinski definition) is 0. The maximum Gasteiger partial charge on any atom is 0.253 e. The van der Waals surface area contributed by atoms with Gasteiger partial charge in [-0.1, -0.05) is 6.07 Å². The van der Waals surface area contributed by atoms with Gasteiger partial charge in [-0.3, -0.25) is 9.69 Å². The zero-order valence-corrected chi connectivity index (χ0v) is 16.6. The number of halogens is 1. The summed E-state index contributed by atoms with van der Waals surface area (Å²) >= 11 is 0. The monoisotopic (exact) mass is 399 g/mol. The zero-order chi connectivity index (χ0) is 20.3. The first-order valence-electron chi connectivity index (χ1n) is 9.99. The van der Waals surface area contributed by atoms with Crippen molar-refractivity contribution >= 4 is 11.6 Å². The van der Waals surface area contributed by atoms with Crippen LogP contribution in [-0.2, 0) is 16.1 Å². The highest BCUT2D eigenvalue weighted by atomic mass is 19.1. The summed E-state index contributed by atoms with van der Waals surface area (Å²) in [6.45, 7) is 3.14. The highest BCUT2D eigenvalue weighted by molar-refractivity contribution is 5.95. The van der Waals surface area contributed by atoms with Crippen molar-refractivity contribution in [1.82, 2.24) is 9.88 Å². The van der Waals surface area contributed by atoms with Gasteiger partial charge in [-0.05, 0) is 56.1 Å². The van der Waals surface area contributed by atoms with Gasteiger partial charge in [0.2, 0.25) is 5.88 Å². The minimum atomic E-state index is -0.362. The van der Waals surface area contributed by atoms with E-state index in [0.29, 0.717) is 12.4 Å². The summed E-state index contributed by atoms with van der Waals surface area (Å²) in [5, 5.41) is 0. The summed E-state index contributed by atoms with van der Waals surface area (Å²) < 4.78 is 24.6. The van der Waals surface area contributed by atoms with Crippen molar-refractivity contribution in [3.8, 4) is 5.88 Å². The molecule has 2 saturated heterocycles. The number of likely N-dealkylation sites (tertiary alicyclic amines) is 1. The van der Waals surface area contributed by atoms with E-state index in [1.807, 2.05) is 18.2 Å². The topological polar surface area (TPSA) is 54.9 Å². The number of hydrogen-bond acceptors (Lipinski definition) is 5. The number of amides is 1. The predicted octanol–water partition coefficient (Wildman–Crippen LogP) is 3.02. The van der Waals surface area contributed by atoms with E-state index in [4.69, 9.17) is 9.47 Å². The SMILES string of the molecule is COc1cccc(CN2CCCC3(CC2)CN(c2ccc(F)cc2)C(=O)CO3)n1. The summed E-state index contributed by atoms with van der Waals surface area (Å²) in [6, 6.07) is 11.9. The van der Waals surface area contributed by atoms with E-state index < -0.39 is 0 Å². The van der Waals surface area contributed by atoms with Crippen LogP contribution in [0.1, 0.15) is 25.0 Å². The molecular weight excluding hydrogens is 373 g/mol. The van der Waals surface area contributed by atoms with E-state index in [9.17, 15) is 9.18 Å². The second-order valence-electron chi connectivity index (χ2n) is 7.73. The number of carbonyl (C=O) groups is 1. The first kappa shape index (κ1) is 19.8. The Hall–Kier alpha value is -2.51. The molecule has 0 bridgehead atoms. The minimum Gasteiger partial charge on any atom is -0.481 e. The summed E-state index contributed by atoms with van der Waals surface area (Å²) in [5.41, 5.74) is 1.34. The molecule has 154 valence electrons. The molecule has 1 unspecified atom stereocenters. The molecule has 2 aliphatic rings. The minimum absolute atomic E-state index is 0.0643. The lowest BCUT2D eigenvalue weighted by Gasteiger charge is -2.42. The second kappa shape index (κ2) is 8.47. The van der Waals surface area contributed by atoms with Gasteiger partial charge < -0.3 is 14.4 Å². The fourth-order valence-corrected chi connectivity index (χ4v) is 4.14. The van der Waals surface area contributed by atoms with Crippen LogP contribution in [0, 0.1) is 5.82 Å². The third kappa shape index (κ3) is 4.57. The normalized spacial score (nSPS) is 23.2. The van der Waals surface area contributed by atoms with Gasteiger partial charge in [0, 0.05) is 24.8 Å². The Bertz CT molecular complexity index is 861. The van der Waals surface area contributed by atoms with Crippen molar-refractivity contribution in [3.05, 3.63) is 54.0 Å². The van der Waals surface area contributed by atoms with Crippen LogP contribution in [-0.4, -0.2) is 54.7 Å². The van der Waals surface area contributed by atoms with Gasteiger partial charge in [0.1, 0.15) is 12.4 Å². The summed E-state index contributed by atoms with van der Waals surface area (Å²) in [6.07, 6.45) is 2.71. The Labute approximate surface area is 170 Å². The number of anilines is 1. The lowest BCUT2D eigenvalue weighted by atomic mass is 9.92. The predicted molar refractivity (Wildman–Crippen MR) is 107 cm³/mol. The van der Waals surface area contributed by atoms with E-state index in [-0.39, 0.29) is 23.9 Å². The molecule has 0 N–H and O–H groups in total. The summed E-state index contributed by atoms with van der Waals surface area (Å²) in [4.78, 5) is 21.1. The van der Waals surface area contributed by atoms with Gasteiger partial charge in [0.25, 0.3) is 5.91 Å². The quantitative estimate of drug-likeness (QED) is 0.791. The Kier molecular flexibility index (Phi) is 5.78. The largest absolute Gasteiger partial charge is 0.481 e. The summed E-state index contributed by atoms with van der Waals surface area (Å²) in [5.74, 6) is 0.238. The van der Waals surface area contributed by atoms with E-state index in [1.165, 1.54) is 12.1 Å². The molecule has 1 spiro atoms. The molecule has 0 saturated carbocycles. The van der Waals surface area contributed by atoms with Crippen LogP contribution in [0.25, 0.3) is 0 Å². The fourth-order valence-electron chi connectivity index (χ4n) is 4.14. The lowest BCUT2D eigenvalue weighted by molar-refractivity contribution is -0.140. The number of aromatic nitrogens is 1. The number of morpholine rings is 1. The molecule has 29 heavy (non-hydrogen) atoms. The molecule has 1 aromatic carbocycles. The van der Waals surface area contributed by atoms with Crippen LogP contribution in [0.2, 0.25) is 0 Å².